The molecule has 0 radical (unpaired) electrons. The van der Waals surface area contributed by atoms with E-state index in [4.69, 9.17) is 12.2 Å². The van der Waals surface area contributed by atoms with E-state index in [2.05, 4.69) is 17.6 Å². The Kier molecular flexibility index (Phi) is 7.88. The zero-order valence-corrected chi connectivity index (χ0v) is 13.2. The Morgan fingerprint density at radius 3 is 2.55 bits per heavy atom. The van der Waals surface area contributed by atoms with Crippen molar-refractivity contribution >= 4 is 23.2 Å². The molecule has 4 heteroatoms. The summed E-state index contributed by atoms with van der Waals surface area (Å²) in [5, 5.41) is 6.21. The number of benzene rings is 1. The van der Waals surface area contributed by atoms with E-state index >= 15 is 0 Å². The minimum Gasteiger partial charge on any atom is -0.362 e. The normalized spacial score (nSPS) is 10.1. The van der Waals surface area contributed by atoms with Gasteiger partial charge >= 0.3 is 0 Å². The van der Waals surface area contributed by atoms with Gasteiger partial charge in [-0.3, -0.25) is 10.1 Å². The number of carbonyl (C=O) groups is 1. The van der Waals surface area contributed by atoms with Gasteiger partial charge in [0.1, 0.15) is 0 Å². The highest BCUT2D eigenvalue weighted by Gasteiger charge is 2.09. The van der Waals surface area contributed by atoms with E-state index in [-0.39, 0.29) is 5.91 Å². The first-order valence-electron chi connectivity index (χ1n) is 7.30. The van der Waals surface area contributed by atoms with Crippen molar-refractivity contribution in [2.75, 3.05) is 6.54 Å². The SMILES string of the molecule is CCCCCCCNC(=S)NC(=O)c1ccccc1C. The Morgan fingerprint density at radius 2 is 1.85 bits per heavy atom. The molecule has 3 nitrogen and oxygen atoms in total. The van der Waals surface area contributed by atoms with E-state index in [1.54, 1.807) is 6.07 Å². The highest BCUT2D eigenvalue weighted by Crippen LogP contribution is 2.06. The molecule has 0 spiro atoms. The number of thiocarbonyl (C=S) groups is 1. The van der Waals surface area contributed by atoms with Gasteiger partial charge in [0.25, 0.3) is 5.91 Å². The van der Waals surface area contributed by atoms with Crippen molar-refractivity contribution in [3.63, 3.8) is 0 Å². The number of unbranched alkanes of at least 4 members (excludes halogenated alkanes) is 4. The molecule has 1 aromatic carbocycles. The van der Waals surface area contributed by atoms with E-state index in [0.717, 1.165) is 18.5 Å². The Balaban J connectivity index is 2.25. The molecular weight excluding hydrogens is 268 g/mol. The van der Waals surface area contributed by atoms with Crippen molar-refractivity contribution in [2.45, 2.75) is 46.0 Å². The smallest absolute Gasteiger partial charge is 0.257 e. The van der Waals surface area contributed by atoms with Gasteiger partial charge in [0.05, 0.1) is 0 Å². The average Bonchev–Trinajstić information content (AvgIpc) is 2.43. The molecule has 20 heavy (non-hydrogen) atoms. The number of hydrogen-bond acceptors (Lipinski definition) is 2. The molecule has 0 heterocycles. The molecular formula is C16H24N2OS. The average molecular weight is 292 g/mol. The van der Waals surface area contributed by atoms with E-state index in [1.165, 1.54) is 25.7 Å². The highest BCUT2D eigenvalue weighted by molar-refractivity contribution is 7.80. The van der Waals surface area contributed by atoms with Gasteiger partial charge in [-0.05, 0) is 37.2 Å². The van der Waals surface area contributed by atoms with Crippen molar-refractivity contribution < 1.29 is 4.79 Å². The first kappa shape index (κ1) is 16.6. The number of rotatable bonds is 7. The number of hydrogen-bond donors (Lipinski definition) is 2. The van der Waals surface area contributed by atoms with Crippen LogP contribution in [0.3, 0.4) is 0 Å². The minimum atomic E-state index is -0.147. The number of amides is 1. The Labute approximate surface area is 127 Å². The molecule has 2 N–H and O–H groups in total. The maximum absolute atomic E-state index is 12.0. The largest absolute Gasteiger partial charge is 0.362 e. The summed E-state index contributed by atoms with van der Waals surface area (Å²) in [4.78, 5) is 12.0. The van der Waals surface area contributed by atoms with Crippen molar-refractivity contribution in [1.29, 1.82) is 0 Å². The van der Waals surface area contributed by atoms with Crippen LogP contribution in [0.4, 0.5) is 0 Å². The van der Waals surface area contributed by atoms with Gasteiger partial charge in [-0.25, -0.2) is 0 Å². The third-order valence-corrected chi connectivity index (χ3v) is 3.43. The molecule has 0 unspecified atom stereocenters. The molecule has 0 aliphatic carbocycles. The summed E-state index contributed by atoms with van der Waals surface area (Å²) in [6.45, 7) is 4.93. The van der Waals surface area contributed by atoms with E-state index in [1.807, 2.05) is 25.1 Å². The van der Waals surface area contributed by atoms with E-state index in [0.29, 0.717) is 10.7 Å². The van der Waals surface area contributed by atoms with E-state index < -0.39 is 0 Å². The molecule has 0 saturated carbocycles. The monoisotopic (exact) mass is 292 g/mol. The lowest BCUT2D eigenvalue weighted by atomic mass is 10.1. The third-order valence-electron chi connectivity index (χ3n) is 3.18. The minimum absolute atomic E-state index is 0.147. The molecule has 0 atom stereocenters. The van der Waals surface area contributed by atoms with Gasteiger partial charge in [-0.15, -0.1) is 0 Å². The summed E-state index contributed by atoms with van der Waals surface area (Å²) in [6, 6.07) is 7.49. The maximum Gasteiger partial charge on any atom is 0.257 e. The summed E-state index contributed by atoms with van der Waals surface area (Å²) in [6.07, 6.45) is 6.09. The Morgan fingerprint density at radius 1 is 1.15 bits per heavy atom. The van der Waals surface area contributed by atoms with Crippen LogP contribution in [0, 0.1) is 6.92 Å². The van der Waals surface area contributed by atoms with Crippen LogP contribution in [-0.4, -0.2) is 17.6 Å². The Bertz CT molecular complexity index is 446. The predicted molar refractivity (Wildman–Crippen MR) is 88.0 cm³/mol. The second kappa shape index (κ2) is 9.48. The fourth-order valence-electron chi connectivity index (χ4n) is 1.97. The standard InChI is InChI=1S/C16H24N2OS/c1-3-4-5-6-9-12-17-16(20)18-15(19)14-11-8-7-10-13(14)2/h7-8,10-11H,3-6,9,12H2,1-2H3,(H2,17,18,19,20). The molecule has 110 valence electrons. The summed E-state index contributed by atoms with van der Waals surface area (Å²) in [5.41, 5.74) is 1.62. The summed E-state index contributed by atoms with van der Waals surface area (Å²) in [7, 11) is 0. The lowest BCUT2D eigenvalue weighted by Gasteiger charge is -2.10. The molecule has 0 saturated heterocycles. The van der Waals surface area contributed by atoms with Gasteiger partial charge in [0, 0.05) is 12.1 Å². The second-order valence-electron chi connectivity index (χ2n) is 4.94. The van der Waals surface area contributed by atoms with Crippen molar-refractivity contribution in [1.82, 2.24) is 10.6 Å². The fourth-order valence-corrected chi connectivity index (χ4v) is 2.17. The van der Waals surface area contributed by atoms with Gasteiger partial charge in [-0.1, -0.05) is 50.8 Å². The molecule has 0 bridgehead atoms. The first-order chi connectivity index (χ1) is 9.65. The molecule has 0 aromatic heterocycles. The van der Waals surface area contributed by atoms with Crippen LogP contribution in [0.1, 0.15) is 54.9 Å². The van der Waals surface area contributed by atoms with Crippen molar-refractivity contribution in [3.05, 3.63) is 35.4 Å². The number of aryl methyl sites for hydroxylation is 1. The van der Waals surface area contributed by atoms with Crippen molar-refractivity contribution in [3.8, 4) is 0 Å². The topological polar surface area (TPSA) is 41.1 Å². The van der Waals surface area contributed by atoms with Gasteiger partial charge in [0.2, 0.25) is 0 Å². The van der Waals surface area contributed by atoms with Gasteiger partial charge < -0.3 is 5.32 Å². The van der Waals surface area contributed by atoms with Crippen LogP contribution in [0.2, 0.25) is 0 Å². The van der Waals surface area contributed by atoms with E-state index in [9.17, 15) is 4.79 Å². The number of carbonyl (C=O) groups excluding carboxylic acids is 1. The van der Waals surface area contributed by atoms with Crippen LogP contribution < -0.4 is 10.6 Å². The van der Waals surface area contributed by atoms with Crippen LogP contribution in [-0.2, 0) is 0 Å². The van der Waals surface area contributed by atoms with Gasteiger partial charge in [-0.2, -0.15) is 0 Å². The van der Waals surface area contributed by atoms with Crippen LogP contribution in [0.25, 0.3) is 0 Å². The van der Waals surface area contributed by atoms with Gasteiger partial charge in [0.15, 0.2) is 5.11 Å². The molecule has 0 aliphatic rings. The fraction of sp³-hybridized carbons (Fsp3) is 0.500. The summed E-state index contributed by atoms with van der Waals surface area (Å²) < 4.78 is 0. The molecule has 0 fully saturated rings. The summed E-state index contributed by atoms with van der Waals surface area (Å²) in [5.74, 6) is -0.147. The predicted octanol–water partition coefficient (Wildman–Crippen LogP) is 3.57. The lowest BCUT2D eigenvalue weighted by Crippen LogP contribution is -2.39. The van der Waals surface area contributed by atoms with Crippen molar-refractivity contribution in [2.24, 2.45) is 0 Å². The lowest BCUT2D eigenvalue weighted by molar-refractivity contribution is 0.0976. The number of nitrogens with one attached hydrogen (secondary N) is 2. The Hall–Kier alpha value is -1.42. The third kappa shape index (κ3) is 6.15. The molecule has 1 amide bonds. The molecule has 1 rings (SSSR count). The van der Waals surface area contributed by atoms with Crippen LogP contribution in [0.5, 0.6) is 0 Å². The zero-order chi connectivity index (χ0) is 14.8. The van der Waals surface area contributed by atoms with Crippen LogP contribution in [0.15, 0.2) is 24.3 Å². The van der Waals surface area contributed by atoms with Crippen LogP contribution >= 0.6 is 12.2 Å². The highest BCUT2D eigenvalue weighted by atomic mass is 32.1. The quantitative estimate of drug-likeness (QED) is 0.596. The molecule has 1 aromatic rings. The molecule has 0 aliphatic heterocycles. The maximum atomic E-state index is 12.0. The first-order valence-corrected chi connectivity index (χ1v) is 7.70. The summed E-state index contributed by atoms with van der Waals surface area (Å²) >= 11 is 5.13. The zero-order valence-electron chi connectivity index (χ0n) is 12.4. The second-order valence-corrected chi connectivity index (χ2v) is 5.35.